The third-order valence-electron chi connectivity index (χ3n) is 5.53. The molecule has 0 saturated heterocycles. The first-order chi connectivity index (χ1) is 11.6. The quantitative estimate of drug-likeness (QED) is 0.679. The normalized spacial score (nSPS) is 21.9. The second kappa shape index (κ2) is 8.03. The summed E-state index contributed by atoms with van der Waals surface area (Å²) >= 11 is 0. The molecule has 1 aromatic carbocycles. The third kappa shape index (κ3) is 5.67. The van der Waals surface area contributed by atoms with Gasteiger partial charge in [-0.2, -0.15) is 0 Å². The van der Waals surface area contributed by atoms with Crippen molar-refractivity contribution in [3.8, 4) is 0 Å². The van der Waals surface area contributed by atoms with E-state index in [1.54, 1.807) is 27.7 Å². The van der Waals surface area contributed by atoms with E-state index in [-0.39, 0.29) is 5.78 Å². The second-order valence-electron chi connectivity index (χ2n) is 8.58. The SMILES string of the molecule is CC(=O)c1cccc(CCC2CCC(CS(=O)(=O)C(C)(C)C)CC2)c1. The first-order valence-corrected chi connectivity index (χ1v) is 11.1. The van der Waals surface area contributed by atoms with Crippen molar-refractivity contribution in [1.82, 2.24) is 0 Å². The molecule has 0 aliphatic heterocycles. The highest BCUT2D eigenvalue weighted by Gasteiger charge is 2.33. The van der Waals surface area contributed by atoms with Crippen LogP contribution in [0.5, 0.6) is 0 Å². The summed E-state index contributed by atoms with van der Waals surface area (Å²) in [7, 11) is -3.01. The smallest absolute Gasteiger partial charge is 0.159 e. The van der Waals surface area contributed by atoms with E-state index in [1.165, 1.54) is 5.56 Å². The molecule has 3 nitrogen and oxygen atoms in total. The fraction of sp³-hybridized carbons (Fsp3) is 0.667. The van der Waals surface area contributed by atoms with Crippen molar-refractivity contribution < 1.29 is 13.2 Å². The van der Waals surface area contributed by atoms with E-state index in [9.17, 15) is 13.2 Å². The van der Waals surface area contributed by atoms with Gasteiger partial charge in [0.15, 0.2) is 15.6 Å². The summed E-state index contributed by atoms with van der Waals surface area (Å²) in [6.45, 7) is 6.99. The van der Waals surface area contributed by atoms with Crippen LogP contribution < -0.4 is 0 Å². The summed E-state index contributed by atoms with van der Waals surface area (Å²) in [5, 5.41) is 0. The second-order valence-corrected chi connectivity index (χ2v) is 11.4. The Hall–Kier alpha value is -1.16. The van der Waals surface area contributed by atoms with Gasteiger partial charge < -0.3 is 0 Å². The monoisotopic (exact) mass is 364 g/mol. The van der Waals surface area contributed by atoms with Crippen LogP contribution in [0.3, 0.4) is 0 Å². The van der Waals surface area contributed by atoms with Crippen LogP contribution in [0, 0.1) is 11.8 Å². The predicted octanol–water partition coefficient (Wildman–Crippen LogP) is 4.84. The van der Waals surface area contributed by atoms with Crippen LogP contribution in [0.4, 0.5) is 0 Å². The molecule has 0 amide bonds. The Bertz CT molecular complexity index is 690. The molecule has 1 aromatic rings. The summed E-state index contributed by atoms with van der Waals surface area (Å²) in [4.78, 5) is 11.5. The minimum absolute atomic E-state index is 0.113. The van der Waals surface area contributed by atoms with Gasteiger partial charge in [-0.3, -0.25) is 4.79 Å². The van der Waals surface area contributed by atoms with Gasteiger partial charge in [-0.15, -0.1) is 0 Å². The molecule has 0 radical (unpaired) electrons. The van der Waals surface area contributed by atoms with Gasteiger partial charge in [0.25, 0.3) is 0 Å². The average Bonchev–Trinajstić information content (AvgIpc) is 2.53. The lowest BCUT2D eigenvalue weighted by molar-refractivity contribution is 0.101. The largest absolute Gasteiger partial charge is 0.295 e. The summed E-state index contributed by atoms with van der Waals surface area (Å²) < 4.78 is 24.1. The number of hydrogen-bond acceptors (Lipinski definition) is 3. The maximum Gasteiger partial charge on any atom is 0.159 e. The van der Waals surface area contributed by atoms with E-state index in [4.69, 9.17) is 0 Å². The lowest BCUT2D eigenvalue weighted by atomic mass is 9.80. The molecule has 140 valence electrons. The Labute approximate surface area is 153 Å². The molecule has 0 aromatic heterocycles. The Balaban J connectivity index is 1.81. The first kappa shape index (κ1) is 20.2. The lowest BCUT2D eigenvalue weighted by Gasteiger charge is -2.30. The number of aryl methyl sites for hydroxylation is 1. The Morgan fingerprint density at radius 3 is 2.24 bits per heavy atom. The standard InChI is InChI=1S/C21H32O3S/c1-16(22)20-7-5-6-18(14-20)11-8-17-9-12-19(13-10-17)15-25(23,24)21(2,3)4/h5-7,14,17,19H,8-13,15H2,1-4H3. The molecule has 0 unspecified atom stereocenters. The van der Waals surface area contributed by atoms with Gasteiger partial charge >= 0.3 is 0 Å². The minimum atomic E-state index is -3.01. The Morgan fingerprint density at radius 1 is 1.08 bits per heavy atom. The van der Waals surface area contributed by atoms with Crippen molar-refractivity contribution in [3.63, 3.8) is 0 Å². The van der Waals surface area contributed by atoms with Crippen molar-refractivity contribution in [3.05, 3.63) is 35.4 Å². The molecule has 1 saturated carbocycles. The predicted molar refractivity (Wildman–Crippen MR) is 104 cm³/mol. The molecule has 25 heavy (non-hydrogen) atoms. The average molecular weight is 365 g/mol. The van der Waals surface area contributed by atoms with Gasteiger partial charge in [0.1, 0.15) is 0 Å². The van der Waals surface area contributed by atoms with E-state index < -0.39 is 14.6 Å². The first-order valence-electron chi connectivity index (χ1n) is 9.40. The third-order valence-corrected chi connectivity index (χ3v) is 8.31. The highest BCUT2D eigenvalue weighted by molar-refractivity contribution is 7.92. The van der Waals surface area contributed by atoms with Gasteiger partial charge in [0.05, 0.1) is 10.5 Å². The van der Waals surface area contributed by atoms with Crippen molar-refractivity contribution in [2.75, 3.05) is 5.75 Å². The van der Waals surface area contributed by atoms with Gasteiger partial charge in [0, 0.05) is 5.56 Å². The number of carbonyl (C=O) groups excluding carboxylic acids is 1. The van der Waals surface area contributed by atoms with Crippen LogP contribution in [0.25, 0.3) is 0 Å². The molecule has 0 heterocycles. The number of benzene rings is 1. The van der Waals surface area contributed by atoms with Gasteiger partial charge in [0.2, 0.25) is 0 Å². The molecule has 0 N–H and O–H groups in total. The molecular formula is C21H32O3S. The molecular weight excluding hydrogens is 332 g/mol. The van der Waals surface area contributed by atoms with E-state index in [0.29, 0.717) is 17.6 Å². The van der Waals surface area contributed by atoms with Crippen molar-refractivity contribution in [2.24, 2.45) is 11.8 Å². The highest BCUT2D eigenvalue weighted by Crippen LogP contribution is 2.34. The zero-order valence-electron chi connectivity index (χ0n) is 16.0. The summed E-state index contributed by atoms with van der Waals surface area (Å²) in [6, 6.07) is 7.92. The van der Waals surface area contributed by atoms with Gasteiger partial charge in [-0.1, -0.05) is 31.0 Å². The van der Waals surface area contributed by atoms with E-state index in [1.807, 2.05) is 18.2 Å². The van der Waals surface area contributed by atoms with Crippen molar-refractivity contribution in [1.29, 1.82) is 0 Å². The van der Waals surface area contributed by atoms with Gasteiger partial charge in [-0.05, 0) is 76.8 Å². The van der Waals surface area contributed by atoms with Crippen LogP contribution in [-0.2, 0) is 16.3 Å². The van der Waals surface area contributed by atoms with Crippen molar-refractivity contribution >= 4 is 15.6 Å². The molecule has 1 aliphatic rings. The molecule has 0 spiro atoms. The van der Waals surface area contributed by atoms with Crippen LogP contribution in [-0.4, -0.2) is 24.7 Å². The fourth-order valence-electron chi connectivity index (χ4n) is 3.56. The Morgan fingerprint density at radius 2 is 1.68 bits per heavy atom. The zero-order valence-corrected chi connectivity index (χ0v) is 16.9. The molecule has 1 aliphatic carbocycles. The Kier molecular flexibility index (Phi) is 6.47. The number of carbonyl (C=O) groups is 1. The highest BCUT2D eigenvalue weighted by atomic mass is 32.2. The van der Waals surface area contributed by atoms with Crippen molar-refractivity contribution in [2.45, 2.75) is 71.0 Å². The number of hydrogen-bond donors (Lipinski definition) is 0. The number of Topliss-reactive ketones (excluding diaryl/α,β-unsaturated/α-hetero) is 1. The van der Waals surface area contributed by atoms with E-state index in [0.717, 1.165) is 44.1 Å². The number of sulfone groups is 1. The van der Waals surface area contributed by atoms with Crippen LogP contribution in [0.2, 0.25) is 0 Å². The maximum atomic E-state index is 12.4. The number of ketones is 1. The van der Waals surface area contributed by atoms with Gasteiger partial charge in [-0.25, -0.2) is 8.42 Å². The molecule has 2 rings (SSSR count). The van der Waals surface area contributed by atoms with Crippen LogP contribution in [0.15, 0.2) is 24.3 Å². The molecule has 4 heteroatoms. The maximum absolute atomic E-state index is 12.4. The minimum Gasteiger partial charge on any atom is -0.295 e. The lowest BCUT2D eigenvalue weighted by Crippen LogP contribution is -2.34. The van der Waals surface area contributed by atoms with Crippen LogP contribution >= 0.6 is 0 Å². The van der Waals surface area contributed by atoms with Crippen LogP contribution in [0.1, 0.15) is 75.7 Å². The zero-order chi connectivity index (χ0) is 18.7. The van der Waals surface area contributed by atoms with E-state index >= 15 is 0 Å². The summed E-state index contributed by atoms with van der Waals surface area (Å²) in [6.07, 6.45) is 6.41. The summed E-state index contributed by atoms with van der Waals surface area (Å²) in [5.41, 5.74) is 2.01. The molecule has 0 atom stereocenters. The molecule has 1 fully saturated rings. The topological polar surface area (TPSA) is 51.2 Å². The molecule has 0 bridgehead atoms. The fourth-order valence-corrected chi connectivity index (χ4v) is 5.02. The number of rotatable bonds is 6. The summed E-state index contributed by atoms with van der Waals surface area (Å²) in [5.74, 6) is 1.45. The van der Waals surface area contributed by atoms with E-state index in [2.05, 4.69) is 6.07 Å².